The predicted molar refractivity (Wildman–Crippen MR) is 95.1 cm³/mol. The first-order valence-electron chi connectivity index (χ1n) is 6.56. The van der Waals surface area contributed by atoms with Crippen LogP contribution in [0.4, 0.5) is 11.5 Å². The molecular formula is C15H15ClIN3O. The summed E-state index contributed by atoms with van der Waals surface area (Å²) in [6, 6.07) is 9.23. The van der Waals surface area contributed by atoms with Gasteiger partial charge in [0.1, 0.15) is 5.82 Å². The number of nitrogens with one attached hydrogen (secondary N) is 2. The van der Waals surface area contributed by atoms with E-state index in [0.29, 0.717) is 16.4 Å². The summed E-state index contributed by atoms with van der Waals surface area (Å²) in [4.78, 5) is 16.4. The van der Waals surface area contributed by atoms with Crippen LogP contribution in [-0.2, 0) is 0 Å². The normalized spacial score (nSPS) is 10.2. The molecule has 2 N–H and O–H groups in total. The summed E-state index contributed by atoms with van der Waals surface area (Å²) < 4.78 is 1.11. The Kier molecular flexibility index (Phi) is 5.81. The van der Waals surface area contributed by atoms with Crippen LogP contribution in [0.15, 0.2) is 36.5 Å². The van der Waals surface area contributed by atoms with Gasteiger partial charge in [-0.2, -0.15) is 0 Å². The van der Waals surface area contributed by atoms with Crippen molar-refractivity contribution < 1.29 is 4.79 Å². The molecule has 0 radical (unpaired) electrons. The molecule has 110 valence electrons. The minimum atomic E-state index is -0.247. The van der Waals surface area contributed by atoms with Crippen LogP contribution in [0.25, 0.3) is 0 Å². The molecule has 2 rings (SSSR count). The number of halogens is 2. The van der Waals surface area contributed by atoms with Crippen molar-refractivity contribution in [3.8, 4) is 0 Å². The number of benzene rings is 1. The maximum absolute atomic E-state index is 12.3. The summed E-state index contributed by atoms with van der Waals surface area (Å²) in [5.41, 5.74) is 1.14. The summed E-state index contributed by atoms with van der Waals surface area (Å²) in [6.07, 6.45) is 2.47. The first-order chi connectivity index (χ1) is 10.1. The number of aromatic nitrogens is 1. The molecule has 0 aliphatic rings. The van der Waals surface area contributed by atoms with E-state index in [1.165, 1.54) is 6.20 Å². The van der Waals surface area contributed by atoms with Gasteiger partial charge >= 0.3 is 0 Å². The van der Waals surface area contributed by atoms with Crippen LogP contribution in [0.5, 0.6) is 0 Å². The van der Waals surface area contributed by atoms with Crippen LogP contribution >= 0.6 is 34.2 Å². The third kappa shape index (κ3) is 4.57. The Morgan fingerprint density at radius 3 is 2.71 bits per heavy atom. The zero-order valence-corrected chi connectivity index (χ0v) is 14.4. The standard InChI is InChI=1S/C15H15ClIN3O/c1-2-7-18-14-8-12(13(16)9-19-14)15(21)20-11-5-3-10(17)4-6-11/h3-6,8-9H,2,7H2,1H3,(H,18,19)(H,20,21). The summed E-state index contributed by atoms with van der Waals surface area (Å²) in [5, 5.41) is 6.30. The van der Waals surface area contributed by atoms with Crippen molar-refractivity contribution >= 4 is 51.6 Å². The third-order valence-corrected chi connectivity index (χ3v) is 3.78. The smallest absolute Gasteiger partial charge is 0.257 e. The second kappa shape index (κ2) is 7.61. The summed E-state index contributed by atoms with van der Waals surface area (Å²) in [7, 11) is 0. The Bertz CT molecular complexity index is 631. The van der Waals surface area contributed by atoms with Gasteiger partial charge in [0.25, 0.3) is 5.91 Å². The molecular weight excluding hydrogens is 401 g/mol. The van der Waals surface area contributed by atoms with Gasteiger partial charge in [-0.15, -0.1) is 0 Å². The number of anilines is 2. The second-order valence-electron chi connectivity index (χ2n) is 4.44. The van der Waals surface area contributed by atoms with Crippen LogP contribution < -0.4 is 10.6 Å². The fourth-order valence-corrected chi connectivity index (χ4v) is 2.24. The Balaban J connectivity index is 2.15. The molecule has 0 bridgehead atoms. The highest BCUT2D eigenvalue weighted by molar-refractivity contribution is 14.1. The largest absolute Gasteiger partial charge is 0.370 e. The molecule has 6 heteroatoms. The molecule has 0 atom stereocenters. The number of pyridine rings is 1. The lowest BCUT2D eigenvalue weighted by atomic mass is 10.2. The molecule has 1 heterocycles. The molecule has 0 spiro atoms. The van der Waals surface area contributed by atoms with Crippen molar-refractivity contribution in [3.05, 3.63) is 50.7 Å². The lowest BCUT2D eigenvalue weighted by Crippen LogP contribution is -2.13. The predicted octanol–water partition coefficient (Wildman–Crippen LogP) is 4.41. The Morgan fingerprint density at radius 2 is 2.05 bits per heavy atom. The van der Waals surface area contributed by atoms with Gasteiger partial charge in [0.05, 0.1) is 10.6 Å². The molecule has 2 aromatic rings. The highest BCUT2D eigenvalue weighted by Crippen LogP contribution is 2.20. The van der Waals surface area contributed by atoms with Gasteiger partial charge in [-0.05, 0) is 59.3 Å². The second-order valence-corrected chi connectivity index (χ2v) is 6.09. The molecule has 1 aromatic heterocycles. The highest BCUT2D eigenvalue weighted by Gasteiger charge is 2.12. The summed E-state index contributed by atoms with van der Waals surface area (Å²) >= 11 is 8.28. The lowest BCUT2D eigenvalue weighted by molar-refractivity contribution is 0.102. The number of hydrogen-bond acceptors (Lipinski definition) is 3. The van der Waals surface area contributed by atoms with Crippen molar-refractivity contribution in [2.75, 3.05) is 17.2 Å². The van der Waals surface area contributed by atoms with E-state index in [0.717, 1.165) is 22.2 Å². The molecule has 0 aliphatic heterocycles. The van der Waals surface area contributed by atoms with Gasteiger partial charge < -0.3 is 10.6 Å². The van der Waals surface area contributed by atoms with Crippen LogP contribution in [0.1, 0.15) is 23.7 Å². The number of carbonyl (C=O) groups excluding carboxylic acids is 1. The molecule has 0 saturated carbocycles. The average Bonchev–Trinajstić information content (AvgIpc) is 2.48. The van der Waals surface area contributed by atoms with E-state index in [4.69, 9.17) is 11.6 Å². The maximum Gasteiger partial charge on any atom is 0.257 e. The first-order valence-corrected chi connectivity index (χ1v) is 8.02. The van der Waals surface area contributed by atoms with E-state index >= 15 is 0 Å². The van der Waals surface area contributed by atoms with Crippen molar-refractivity contribution in [1.29, 1.82) is 0 Å². The van der Waals surface area contributed by atoms with Crippen molar-refractivity contribution in [2.24, 2.45) is 0 Å². The number of nitrogens with zero attached hydrogens (tertiary/aromatic N) is 1. The molecule has 1 amide bonds. The highest BCUT2D eigenvalue weighted by atomic mass is 127. The Hall–Kier alpha value is -1.34. The van der Waals surface area contributed by atoms with Gasteiger partial charge in [0, 0.05) is 22.0 Å². The minimum Gasteiger partial charge on any atom is -0.370 e. The summed E-state index contributed by atoms with van der Waals surface area (Å²) in [6.45, 7) is 2.86. The van der Waals surface area contributed by atoms with Gasteiger partial charge in [-0.3, -0.25) is 4.79 Å². The van der Waals surface area contributed by atoms with Gasteiger partial charge in [-0.1, -0.05) is 18.5 Å². The lowest BCUT2D eigenvalue weighted by Gasteiger charge is -2.09. The van der Waals surface area contributed by atoms with E-state index in [1.54, 1.807) is 6.07 Å². The first kappa shape index (κ1) is 16.0. The van der Waals surface area contributed by atoms with Crippen LogP contribution in [0.2, 0.25) is 5.02 Å². The number of hydrogen-bond donors (Lipinski definition) is 2. The van der Waals surface area contributed by atoms with Crippen LogP contribution in [-0.4, -0.2) is 17.4 Å². The molecule has 0 saturated heterocycles. The quantitative estimate of drug-likeness (QED) is 0.711. The van der Waals surface area contributed by atoms with Crippen molar-refractivity contribution in [2.45, 2.75) is 13.3 Å². The summed E-state index contributed by atoms with van der Waals surface area (Å²) in [5.74, 6) is 0.400. The Morgan fingerprint density at radius 1 is 1.33 bits per heavy atom. The van der Waals surface area contributed by atoms with E-state index in [9.17, 15) is 4.79 Å². The van der Waals surface area contributed by atoms with Gasteiger partial charge in [0.2, 0.25) is 0 Å². The third-order valence-electron chi connectivity index (χ3n) is 2.76. The van der Waals surface area contributed by atoms with Gasteiger partial charge in [0.15, 0.2) is 0 Å². The van der Waals surface area contributed by atoms with E-state index in [1.807, 2.05) is 24.3 Å². The van der Waals surface area contributed by atoms with Crippen LogP contribution in [0.3, 0.4) is 0 Å². The molecule has 1 aromatic carbocycles. The number of carbonyl (C=O) groups is 1. The van der Waals surface area contributed by atoms with Crippen molar-refractivity contribution in [3.63, 3.8) is 0 Å². The SMILES string of the molecule is CCCNc1cc(C(=O)Nc2ccc(I)cc2)c(Cl)cn1. The molecule has 0 fully saturated rings. The van der Waals surface area contributed by atoms with Crippen LogP contribution in [0, 0.1) is 3.57 Å². The molecule has 0 unspecified atom stereocenters. The van der Waals surface area contributed by atoms with E-state index < -0.39 is 0 Å². The monoisotopic (exact) mass is 415 g/mol. The zero-order valence-electron chi connectivity index (χ0n) is 11.5. The number of amides is 1. The van der Waals surface area contributed by atoms with Gasteiger partial charge in [-0.25, -0.2) is 4.98 Å². The fraction of sp³-hybridized carbons (Fsp3) is 0.200. The molecule has 21 heavy (non-hydrogen) atoms. The zero-order chi connectivity index (χ0) is 15.2. The molecule has 4 nitrogen and oxygen atoms in total. The van der Waals surface area contributed by atoms with E-state index in [2.05, 4.69) is 45.1 Å². The maximum atomic E-state index is 12.3. The average molecular weight is 416 g/mol. The van der Waals surface area contributed by atoms with Crippen molar-refractivity contribution in [1.82, 2.24) is 4.98 Å². The fourth-order valence-electron chi connectivity index (χ4n) is 1.69. The minimum absolute atomic E-state index is 0.247. The molecule has 0 aliphatic carbocycles. The Labute approximate surface area is 142 Å². The van der Waals surface area contributed by atoms with E-state index in [-0.39, 0.29) is 5.91 Å². The topological polar surface area (TPSA) is 54.0 Å². The number of rotatable bonds is 5.